The van der Waals surface area contributed by atoms with Gasteiger partial charge in [0, 0.05) is 24.8 Å². The van der Waals surface area contributed by atoms with Crippen molar-refractivity contribution in [1.82, 2.24) is 25.0 Å². The Hall–Kier alpha value is -2.18. The number of nitrogens with one attached hydrogen (secondary N) is 2. The van der Waals surface area contributed by atoms with Gasteiger partial charge < -0.3 is 10.6 Å². The highest BCUT2D eigenvalue weighted by molar-refractivity contribution is 5.57. The largest absolute Gasteiger partial charge is 0.370 e. The van der Waals surface area contributed by atoms with Gasteiger partial charge in [-0.05, 0) is 20.3 Å². The molecule has 0 aliphatic carbocycles. The molecule has 0 amide bonds. The lowest BCUT2D eigenvalue weighted by molar-refractivity contribution is 0.608. The number of aryl methyl sites for hydroxylation is 1. The number of hydrogen-bond donors (Lipinski definition) is 2. The standard InChI is InChI=1S/C13H21N7/c1-4-5-14-12-10(2)13(18-11(3)17-12)15-6-8-20-9-7-16-19-20/h7,9H,4-6,8H2,1-3H3,(H2,14,15,17,18). The molecule has 7 nitrogen and oxygen atoms in total. The van der Waals surface area contributed by atoms with Crippen LogP contribution in [0.25, 0.3) is 0 Å². The first-order valence-corrected chi connectivity index (χ1v) is 6.87. The summed E-state index contributed by atoms with van der Waals surface area (Å²) in [7, 11) is 0. The molecule has 2 N–H and O–H groups in total. The van der Waals surface area contributed by atoms with Gasteiger partial charge in [0.05, 0.1) is 12.7 Å². The molecule has 2 aromatic rings. The highest BCUT2D eigenvalue weighted by Crippen LogP contribution is 2.19. The van der Waals surface area contributed by atoms with E-state index in [-0.39, 0.29) is 0 Å². The number of hydrogen-bond acceptors (Lipinski definition) is 6. The molecule has 0 bridgehead atoms. The fraction of sp³-hybridized carbons (Fsp3) is 0.538. The van der Waals surface area contributed by atoms with Crippen LogP contribution in [0.2, 0.25) is 0 Å². The zero-order valence-corrected chi connectivity index (χ0v) is 12.2. The summed E-state index contributed by atoms with van der Waals surface area (Å²) >= 11 is 0. The van der Waals surface area contributed by atoms with Gasteiger partial charge in [0.15, 0.2) is 0 Å². The average Bonchev–Trinajstić information content (AvgIpc) is 2.94. The molecule has 108 valence electrons. The van der Waals surface area contributed by atoms with Crippen molar-refractivity contribution in [2.24, 2.45) is 0 Å². The van der Waals surface area contributed by atoms with E-state index in [2.05, 4.69) is 37.8 Å². The molecular formula is C13H21N7. The Morgan fingerprint density at radius 1 is 1.10 bits per heavy atom. The molecule has 20 heavy (non-hydrogen) atoms. The number of aromatic nitrogens is 5. The molecule has 0 aliphatic rings. The van der Waals surface area contributed by atoms with Gasteiger partial charge in [-0.2, -0.15) is 0 Å². The molecule has 0 saturated carbocycles. The van der Waals surface area contributed by atoms with E-state index in [0.29, 0.717) is 0 Å². The minimum Gasteiger partial charge on any atom is -0.370 e. The van der Waals surface area contributed by atoms with E-state index in [4.69, 9.17) is 0 Å². The van der Waals surface area contributed by atoms with Crippen LogP contribution in [0.15, 0.2) is 12.4 Å². The molecular weight excluding hydrogens is 254 g/mol. The quantitative estimate of drug-likeness (QED) is 0.799. The van der Waals surface area contributed by atoms with Crippen LogP contribution in [0.3, 0.4) is 0 Å². The SMILES string of the molecule is CCCNc1nc(C)nc(NCCn2ccnn2)c1C. The summed E-state index contributed by atoms with van der Waals surface area (Å²) in [6.45, 7) is 8.46. The van der Waals surface area contributed by atoms with E-state index in [0.717, 1.165) is 49.1 Å². The minimum atomic E-state index is 0.744. The number of anilines is 2. The maximum absolute atomic E-state index is 4.45. The second-order valence-electron chi connectivity index (χ2n) is 4.61. The Bertz CT molecular complexity index is 536. The summed E-state index contributed by atoms with van der Waals surface area (Å²) in [6.07, 6.45) is 4.58. The molecule has 0 aromatic carbocycles. The predicted molar refractivity (Wildman–Crippen MR) is 78.8 cm³/mol. The van der Waals surface area contributed by atoms with Crippen molar-refractivity contribution in [3.05, 3.63) is 23.8 Å². The van der Waals surface area contributed by atoms with E-state index in [9.17, 15) is 0 Å². The zero-order chi connectivity index (χ0) is 14.4. The van der Waals surface area contributed by atoms with Crippen LogP contribution < -0.4 is 10.6 Å². The van der Waals surface area contributed by atoms with E-state index >= 15 is 0 Å². The molecule has 7 heteroatoms. The summed E-state index contributed by atoms with van der Waals surface area (Å²) < 4.78 is 1.78. The lowest BCUT2D eigenvalue weighted by atomic mass is 10.3. The van der Waals surface area contributed by atoms with Crippen molar-refractivity contribution < 1.29 is 0 Å². The van der Waals surface area contributed by atoms with Crippen LogP contribution in [-0.2, 0) is 6.54 Å². The maximum atomic E-state index is 4.45. The first kappa shape index (κ1) is 14.2. The molecule has 0 spiro atoms. The molecule has 0 unspecified atom stereocenters. The second-order valence-corrected chi connectivity index (χ2v) is 4.61. The molecule has 0 fully saturated rings. The van der Waals surface area contributed by atoms with Crippen molar-refractivity contribution in [2.75, 3.05) is 23.7 Å². The highest BCUT2D eigenvalue weighted by Gasteiger charge is 2.08. The van der Waals surface area contributed by atoms with Gasteiger partial charge in [0.2, 0.25) is 0 Å². The predicted octanol–water partition coefficient (Wildman–Crippen LogP) is 1.62. The lowest BCUT2D eigenvalue weighted by Crippen LogP contribution is -2.15. The molecule has 0 aliphatic heterocycles. The van der Waals surface area contributed by atoms with Gasteiger partial charge in [-0.1, -0.05) is 12.1 Å². The second kappa shape index (κ2) is 6.83. The zero-order valence-electron chi connectivity index (χ0n) is 12.2. The number of nitrogens with zero attached hydrogens (tertiary/aromatic N) is 5. The Morgan fingerprint density at radius 3 is 2.40 bits per heavy atom. The first-order chi connectivity index (χ1) is 9.70. The average molecular weight is 275 g/mol. The third-order valence-electron chi connectivity index (χ3n) is 2.91. The van der Waals surface area contributed by atoms with Crippen molar-refractivity contribution in [2.45, 2.75) is 33.7 Å². The van der Waals surface area contributed by atoms with Crippen molar-refractivity contribution in [3.8, 4) is 0 Å². The van der Waals surface area contributed by atoms with Gasteiger partial charge in [-0.25, -0.2) is 9.97 Å². The van der Waals surface area contributed by atoms with E-state index in [1.807, 2.05) is 20.0 Å². The summed E-state index contributed by atoms with van der Waals surface area (Å²) in [5, 5.41) is 14.4. The molecule has 2 rings (SSSR count). The van der Waals surface area contributed by atoms with E-state index in [1.54, 1.807) is 10.9 Å². The maximum Gasteiger partial charge on any atom is 0.134 e. The Morgan fingerprint density at radius 2 is 1.80 bits per heavy atom. The molecule has 0 radical (unpaired) electrons. The van der Waals surface area contributed by atoms with Crippen LogP contribution >= 0.6 is 0 Å². The molecule has 0 atom stereocenters. The fourth-order valence-electron chi connectivity index (χ4n) is 1.86. The molecule has 0 saturated heterocycles. The van der Waals surface area contributed by atoms with Gasteiger partial charge in [-0.15, -0.1) is 5.10 Å². The summed E-state index contributed by atoms with van der Waals surface area (Å²) in [5.41, 5.74) is 1.04. The smallest absolute Gasteiger partial charge is 0.134 e. The Balaban J connectivity index is 2.01. The highest BCUT2D eigenvalue weighted by atomic mass is 15.4. The summed E-state index contributed by atoms with van der Waals surface area (Å²) in [4.78, 5) is 8.89. The lowest BCUT2D eigenvalue weighted by Gasteiger charge is -2.13. The van der Waals surface area contributed by atoms with Gasteiger partial charge in [0.25, 0.3) is 0 Å². The van der Waals surface area contributed by atoms with Crippen LogP contribution in [0.5, 0.6) is 0 Å². The van der Waals surface area contributed by atoms with Crippen molar-refractivity contribution in [3.63, 3.8) is 0 Å². The summed E-state index contributed by atoms with van der Waals surface area (Å²) in [5.74, 6) is 2.54. The third-order valence-corrected chi connectivity index (χ3v) is 2.91. The Labute approximate surface area is 118 Å². The summed E-state index contributed by atoms with van der Waals surface area (Å²) in [6, 6.07) is 0. The van der Waals surface area contributed by atoms with Crippen LogP contribution in [0, 0.1) is 13.8 Å². The van der Waals surface area contributed by atoms with Crippen LogP contribution in [0.1, 0.15) is 24.7 Å². The number of rotatable bonds is 7. The molecule has 2 aromatic heterocycles. The first-order valence-electron chi connectivity index (χ1n) is 6.87. The third kappa shape index (κ3) is 3.66. The normalized spacial score (nSPS) is 10.6. The Kier molecular flexibility index (Phi) is 4.86. The van der Waals surface area contributed by atoms with Gasteiger partial charge in [0.1, 0.15) is 17.5 Å². The fourth-order valence-corrected chi connectivity index (χ4v) is 1.86. The molecule has 2 heterocycles. The van der Waals surface area contributed by atoms with Crippen molar-refractivity contribution >= 4 is 11.6 Å². The van der Waals surface area contributed by atoms with E-state index in [1.165, 1.54) is 0 Å². The van der Waals surface area contributed by atoms with Gasteiger partial charge in [-0.3, -0.25) is 4.68 Å². The monoisotopic (exact) mass is 275 g/mol. The van der Waals surface area contributed by atoms with Gasteiger partial charge >= 0.3 is 0 Å². The van der Waals surface area contributed by atoms with Crippen molar-refractivity contribution in [1.29, 1.82) is 0 Å². The minimum absolute atomic E-state index is 0.744. The topological polar surface area (TPSA) is 80.5 Å². The van der Waals surface area contributed by atoms with Crippen LogP contribution in [-0.4, -0.2) is 38.1 Å². The van der Waals surface area contributed by atoms with E-state index < -0.39 is 0 Å². The van der Waals surface area contributed by atoms with Crippen LogP contribution in [0.4, 0.5) is 11.6 Å².